The second-order valence-electron chi connectivity index (χ2n) is 4.21. The van der Waals surface area contributed by atoms with Crippen molar-refractivity contribution in [2.75, 3.05) is 30.3 Å². The van der Waals surface area contributed by atoms with Gasteiger partial charge in [-0.25, -0.2) is 4.98 Å². The van der Waals surface area contributed by atoms with Crippen LogP contribution in [0.3, 0.4) is 0 Å². The number of nitrogens with one attached hydrogen (secondary N) is 2. The van der Waals surface area contributed by atoms with Gasteiger partial charge in [0.2, 0.25) is 5.95 Å². The summed E-state index contributed by atoms with van der Waals surface area (Å²) in [6.45, 7) is 8.36. The van der Waals surface area contributed by atoms with E-state index in [2.05, 4.69) is 20.6 Å². The smallest absolute Gasteiger partial charge is 0.226 e. The lowest BCUT2D eigenvalue weighted by Gasteiger charge is -2.14. The lowest BCUT2D eigenvalue weighted by molar-refractivity contribution is 0.0855. The van der Waals surface area contributed by atoms with Gasteiger partial charge in [-0.1, -0.05) is 0 Å². The van der Waals surface area contributed by atoms with Crippen molar-refractivity contribution in [3.05, 3.63) is 11.4 Å². The SMILES string of the molecule is CCNc1nc(NCC(C)OCC)c2ccsc2n1. The third-order valence-corrected chi connectivity index (χ3v) is 3.47. The van der Waals surface area contributed by atoms with E-state index in [1.54, 1.807) is 11.3 Å². The molecule has 2 aromatic heterocycles. The molecule has 2 N–H and O–H groups in total. The van der Waals surface area contributed by atoms with Gasteiger partial charge in [-0.15, -0.1) is 11.3 Å². The molecule has 0 saturated heterocycles. The van der Waals surface area contributed by atoms with Crippen molar-refractivity contribution >= 4 is 33.3 Å². The molecular formula is C13H20N4OS. The first kappa shape index (κ1) is 14.0. The molecule has 0 aliphatic rings. The van der Waals surface area contributed by atoms with Crippen LogP contribution in [0.2, 0.25) is 0 Å². The highest BCUT2D eigenvalue weighted by Crippen LogP contribution is 2.26. The third kappa shape index (κ3) is 3.54. The predicted octanol–water partition coefficient (Wildman–Crippen LogP) is 2.96. The van der Waals surface area contributed by atoms with Gasteiger partial charge in [0.1, 0.15) is 10.6 Å². The molecule has 2 rings (SSSR count). The Morgan fingerprint density at radius 3 is 2.89 bits per heavy atom. The fourth-order valence-corrected chi connectivity index (χ4v) is 2.58. The molecule has 0 bridgehead atoms. The minimum atomic E-state index is 0.163. The van der Waals surface area contributed by atoms with Crippen LogP contribution in [0.5, 0.6) is 0 Å². The summed E-state index contributed by atoms with van der Waals surface area (Å²) in [4.78, 5) is 9.98. The molecule has 1 atom stereocenters. The van der Waals surface area contributed by atoms with E-state index >= 15 is 0 Å². The van der Waals surface area contributed by atoms with E-state index in [9.17, 15) is 0 Å². The largest absolute Gasteiger partial charge is 0.377 e. The van der Waals surface area contributed by atoms with E-state index in [-0.39, 0.29) is 6.10 Å². The van der Waals surface area contributed by atoms with E-state index in [1.165, 1.54) is 0 Å². The number of nitrogens with zero attached hydrogens (tertiary/aromatic N) is 2. The number of hydrogen-bond donors (Lipinski definition) is 2. The van der Waals surface area contributed by atoms with Crippen molar-refractivity contribution in [2.45, 2.75) is 26.9 Å². The molecule has 0 radical (unpaired) electrons. The number of rotatable bonds is 7. The molecule has 2 aromatic rings. The molecule has 0 saturated carbocycles. The lowest BCUT2D eigenvalue weighted by atomic mass is 10.3. The molecule has 104 valence electrons. The minimum absolute atomic E-state index is 0.163. The quantitative estimate of drug-likeness (QED) is 0.816. The van der Waals surface area contributed by atoms with Crippen LogP contribution in [0.4, 0.5) is 11.8 Å². The molecule has 5 nitrogen and oxygen atoms in total. The van der Waals surface area contributed by atoms with Crippen LogP contribution in [0.25, 0.3) is 10.2 Å². The summed E-state index contributed by atoms with van der Waals surface area (Å²) < 4.78 is 5.52. The zero-order valence-electron chi connectivity index (χ0n) is 11.6. The third-order valence-electron chi connectivity index (χ3n) is 2.67. The van der Waals surface area contributed by atoms with Crippen molar-refractivity contribution in [3.8, 4) is 0 Å². The van der Waals surface area contributed by atoms with Gasteiger partial charge in [0.25, 0.3) is 0 Å². The molecule has 2 heterocycles. The molecule has 0 aliphatic carbocycles. The first-order chi connectivity index (χ1) is 9.24. The van der Waals surface area contributed by atoms with Gasteiger partial charge in [0, 0.05) is 19.7 Å². The average molecular weight is 280 g/mol. The van der Waals surface area contributed by atoms with Gasteiger partial charge in [0.05, 0.1) is 11.5 Å². The van der Waals surface area contributed by atoms with E-state index in [1.807, 2.05) is 32.2 Å². The second kappa shape index (κ2) is 6.68. The highest BCUT2D eigenvalue weighted by Gasteiger charge is 2.09. The maximum Gasteiger partial charge on any atom is 0.226 e. The topological polar surface area (TPSA) is 59.1 Å². The minimum Gasteiger partial charge on any atom is -0.377 e. The van der Waals surface area contributed by atoms with Gasteiger partial charge in [-0.05, 0) is 32.2 Å². The lowest BCUT2D eigenvalue weighted by Crippen LogP contribution is -2.20. The van der Waals surface area contributed by atoms with Gasteiger partial charge in [0.15, 0.2) is 0 Å². The Morgan fingerprint density at radius 1 is 1.32 bits per heavy atom. The Morgan fingerprint density at radius 2 is 2.16 bits per heavy atom. The highest BCUT2D eigenvalue weighted by atomic mass is 32.1. The van der Waals surface area contributed by atoms with Crippen molar-refractivity contribution in [3.63, 3.8) is 0 Å². The zero-order chi connectivity index (χ0) is 13.7. The first-order valence-electron chi connectivity index (χ1n) is 6.59. The standard InChI is InChI=1S/C13H20N4OS/c1-4-14-13-16-11(15-8-9(3)18-5-2)10-6-7-19-12(10)17-13/h6-7,9H,4-5,8H2,1-3H3,(H2,14,15,16,17). The van der Waals surface area contributed by atoms with E-state index < -0.39 is 0 Å². The molecule has 0 aromatic carbocycles. The average Bonchev–Trinajstić information content (AvgIpc) is 2.85. The van der Waals surface area contributed by atoms with Crippen LogP contribution in [-0.2, 0) is 4.74 Å². The fraction of sp³-hybridized carbons (Fsp3) is 0.538. The Bertz CT molecular complexity index is 528. The summed E-state index contributed by atoms with van der Waals surface area (Å²) in [6.07, 6.45) is 0.163. The van der Waals surface area contributed by atoms with E-state index in [0.717, 1.165) is 35.7 Å². The number of fused-ring (bicyclic) bond motifs is 1. The van der Waals surface area contributed by atoms with Gasteiger partial charge >= 0.3 is 0 Å². The first-order valence-corrected chi connectivity index (χ1v) is 7.47. The summed E-state index contributed by atoms with van der Waals surface area (Å²) in [6, 6.07) is 2.05. The van der Waals surface area contributed by atoms with Crippen LogP contribution in [0, 0.1) is 0 Å². The van der Waals surface area contributed by atoms with Crippen molar-refractivity contribution < 1.29 is 4.74 Å². The number of thiophene rings is 1. The van der Waals surface area contributed by atoms with Crippen molar-refractivity contribution in [1.29, 1.82) is 0 Å². The Hall–Kier alpha value is -1.40. The van der Waals surface area contributed by atoms with Gasteiger partial charge in [-0.2, -0.15) is 4.98 Å². The molecule has 0 aliphatic heterocycles. The Kier molecular flexibility index (Phi) is 4.93. The van der Waals surface area contributed by atoms with Crippen molar-refractivity contribution in [2.24, 2.45) is 0 Å². The molecule has 0 spiro atoms. The van der Waals surface area contributed by atoms with E-state index in [4.69, 9.17) is 4.74 Å². The summed E-state index contributed by atoms with van der Waals surface area (Å²) in [5, 5.41) is 9.60. The Labute approximate surface area is 117 Å². The monoisotopic (exact) mass is 280 g/mol. The van der Waals surface area contributed by atoms with Crippen molar-refractivity contribution in [1.82, 2.24) is 9.97 Å². The molecule has 0 fully saturated rings. The molecular weight excluding hydrogens is 260 g/mol. The number of hydrogen-bond acceptors (Lipinski definition) is 6. The molecule has 19 heavy (non-hydrogen) atoms. The second-order valence-corrected chi connectivity index (χ2v) is 5.11. The number of ether oxygens (including phenoxy) is 1. The molecule has 1 unspecified atom stereocenters. The zero-order valence-corrected chi connectivity index (χ0v) is 12.4. The maximum absolute atomic E-state index is 5.52. The molecule has 6 heteroatoms. The predicted molar refractivity (Wildman–Crippen MR) is 81.2 cm³/mol. The van der Waals surface area contributed by atoms with E-state index in [0.29, 0.717) is 5.95 Å². The Balaban J connectivity index is 2.17. The summed E-state index contributed by atoms with van der Waals surface area (Å²) in [5.41, 5.74) is 0. The van der Waals surface area contributed by atoms with Crippen LogP contribution in [-0.4, -0.2) is 35.8 Å². The van der Waals surface area contributed by atoms with Crippen LogP contribution >= 0.6 is 11.3 Å². The van der Waals surface area contributed by atoms with Crippen LogP contribution in [0.15, 0.2) is 11.4 Å². The normalized spacial score (nSPS) is 12.6. The number of anilines is 2. The molecule has 0 amide bonds. The fourth-order valence-electron chi connectivity index (χ4n) is 1.81. The van der Waals surface area contributed by atoms with Crippen LogP contribution in [0.1, 0.15) is 20.8 Å². The summed E-state index contributed by atoms with van der Waals surface area (Å²) in [5.74, 6) is 1.54. The van der Waals surface area contributed by atoms with Crippen LogP contribution < -0.4 is 10.6 Å². The van der Waals surface area contributed by atoms with Gasteiger partial charge < -0.3 is 15.4 Å². The maximum atomic E-state index is 5.52. The highest BCUT2D eigenvalue weighted by molar-refractivity contribution is 7.16. The van der Waals surface area contributed by atoms with Gasteiger partial charge in [-0.3, -0.25) is 0 Å². The number of aromatic nitrogens is 2. The summed E-state index contributed by atoms with van der Waals surface area (Å²) in [7, 11) is 0. The summed E-state index contributed by atoms with van der Waals surface area (Å²) >= 11 is 1.62.